The van der Waals surface area contributed by atoms with Crippen molar-refractivity contribution in [2.75, 3.05) is 18.0 Å². The van der Waals surface area contributed by atoms with Crippen molar-refractivity contribution in [3.8, 4) is 0 Å². The number of hydrogen-bond acceptors (Lipinski definition) is 5. The molecule has 0 radical (unpaired) electrons. The van der Waals surface area contributed by atoms with E-state index in [1.54, 1.807) is 25.6 Å². The smallest absolute Gasteiger partial charge is 0.255 e. The van der Waals surface area contributed by atoms with Crippen LogP contribution < -0.4 is 10.2 Å². The predicted molar refractivity (Wildman–Crippen MR) is 101 cm³/mol. The number of carbonyl (C=O) groups excluding carboxylic acids is 1. The van der Waals surface area contributed by atoms with E-state index < -0.39 is 0 Å². The van der Waals surface area contributed by atoms with Crippen LogP contribution in [0.5, 0.6) is 0 Å². The normalized spacial score (nSPS) is 15.4. The van der Waals surface area contributed by atoms with Crippen LogP contribution in [0.3, 0.4) is 0 Å². The van der Waals surface area contributed by atoms with Gasteiger partial charge in [0.15, 0.2) is 0 Å². The summed E-state index contributed by atoms with van der Waals surface area (Å²) in [5.41, 5.74) is 1.44. The van der Waals surface area contributed by atoms with Gasteiger partial charge >= 0.3 is 0 Å². The Morgan fingerprint density at radius 3 is 2.81 bits per heavy atom. The van der Waals surface area contributed by atoms with Crippen LogP contribution >= 0.6 is 11.6 Å². The van der Waals surface area contributed by atoms with Gasteiger partial charge in [0, 0.05) is 29.5 Å². The summed E-state index contributed by atoms with van der Waals surface area (Å²) < 4.78 is 5.21. The van der Waals surface area contributed by atoms with E-state index in [0.717, 1.165) is 42.7 Å². The minimum Gasteiger partial charge on any atom is -0.469 e. The highest BCUT2D eigenvalue weighted by Crippen LogP contribution is 2.27. The third-order valence-corrected chi connectivity index (χ3v) is 5.05. The first-order chi connectivity index (χ1) is 12.6. The standard InChI is InChI=1S/C19H19ClN4O2/c1-12-15(6-9-26-12)19(25)23-14-4-7-24(8-5-14)18-16-3-2-13(20)10-17(16)21-11-22-18/h2-3,6,9-11,14H,4-5,7-8H2,1H3,(H,23,25). The van der Waals surface area contributed by atoms with Crippen LogP contribution in [0.25, 0.3) is 10.9 Å². The molecule has 1 aliphatic heterocycles. The van der Waals surface area contributed by atoms with E-state index in [1.807, 2.05) is 18.2 Å². The van der Waals surface area contributed by atoms with E-state index in [1.165, 1.54) is 0 Å². The number of furan rings is 1. The highest BCUT2D eigenvalue weighted by molar-refractivity contribution is 6.31. The van der Waals surface area contributed by atoms with Crippen LogP contribution in [0, 0.1) is 6.92 Å². The first-order valence-electron chi connectivity index (χ1n) is 8.62. The monoisotopic (exact) mass is 370 g/mol. The van der Waals surface area contributed by atoms with Gasteiger partial charge in [-0.25, -0.2) is 9.97 Å². The molecule has 26 heavy (non-hydrogen) atoms. The average molecular weight is 371 g/mol. The van der Waals surface area contributed by atoms with Gasteiger partial charge in [-0.05, 0) is 44.0 Å². The molecule has 1 N–H and O–H groups in total. The molecule has 0 aliphatic carbocycles. The maximum Gasteiger partial charge on any atom is 0.255 e. The number of piperidine rings is 1. The van der Waals surface area contributed by atoms with Crippen molar-refractivity contribution in [3.63, 3.8) is 0 Å². The Balaban J connectivity index is 1.44. The van der Waals surface area contributed by atoms with E-state index in [-0.39, 0.29) is 11.9 Å². The van der Waals surface area contributed by atoms with Crippen molar-refractivity contribution < 1.29 is 9.21 Å². The molecular weight excluding hydrogens is 352 g/mol. The van der Waals surface area contributed by atoms with Crippen LogP contribution in [-0.4, -0.2) is 35.0 Å². The number of amides is 1. The molecule has 7 heteroatoms. The minimum atomic E-state index is -0.0724. The highest BCUT2D eigenvalue weighted by Gasteiger charge is 2.24. The van der Waals surface area contributed by atoms with E-state index >= 15 is 0 Å². The van der Waals surface area contributed by atoms with Crippen LogP contribution in [0.2, 0.25) is 5.02 Å². The molecule has 2 aromatic heterocycles. The summed E-state index contributed by atoms with van der Waals surface area (Å²) >= 11 is 6.06. The topological polar surface area (TPSA) is 71.3 Å². The first kappa shape index (κ1) is 16.8. The van der Waals surface area contributed by atoms with Crippen molar-refractivity contribution in [2.45, 2.75) is 25.8 Å². The Morgan fingerprint density at radius 1 is 1.27 bits per heavy atom. The lowest BCUT2D eigenvalue weighted by atomic mass is 10.0. The second-order valence-electron chi connectivity index (χ2n) is 6.48. The number of nitrogens with one attached hydrogen (secondary N) is 1. The molecule has 6 nitrogen and oxygen atoms in total. The SMILES string of the molecule is Cc1occc1C(=O)NC1CCN(c2ncnc3cc(Cl)ccc23)CC1. The number of rotatable bonds is 3. The molecule has 1 saturated heterocycles. The number of anilines is 1. The molecule has 134 valence electrons. The number of aromatic nitrogens is 2. The molecule has 3 heterocycles. The summed E-state index contributed by atoms with van der Waals surface area (Å²) in [6, 6.07) is 7.52. The Morgan fingerprint density at radius 2 is 2.08 bits per heavy atom. The van der Waals surface area contributed by atoms with Gasteiger partial charge in [-0.3, -0.25) is 4.79 Å². The van der Waals surface area contributed by atoms with Crippen LogP contribution in [-0.2, 0) is 0 Å². The van der Waals surface area contributed by atoms with Crippen molar-refractivity contribution in [1.82, 2.24) is 15.3 Å². The summed E-state index contributed by atoms with van der Waals surface area (Å²) in [4.78, 5) is 23.3. The Labute approximate surface area is 156 Å². The number of carbonyl (C=O) groups is 1. The summed E-state index contributed by atoms with van der Waals surface area (Å²) in [6.45, 7) is 3.44. The fourth-order valence-electron chi connectivity index (χ4n) is 3.39. The molecule has 0 saturated carbocycles. The lowest BCUT2D eigenvalue weighted by Gasteiger charge is -2.33. The average Bonchev–Trinajstić information content (AvgIpc) is 3.08. The van der Waals surface area contributed by atoms with Crippen LogP contribution in [0.4, 0.5) is 5.82 Å². The summed E-state index contributed by atoms with van der Waals surface area (Å²) in [5.74, 6) is 1.49. The quantitative estimate of drug-likeness (QED) is 0.763. The molecule has 0 bridgehead atoms. The van der Waals surface area contributed by atoms with Crippen molar-refractivity contribution in [3.05, 3.63) is 53.2 Å². The Kier molecular flexibility index (Phi) is 4.51. The molecule has 1 aromatic carbocycles. The molecule has 0 atom stereocenters. The lowest BCUT2D eigenvalue weighted by Crippen LogP contribution is -2.45. The lowest BCUT2D eigenvalue weighted by molar-refractivity contribution is 0.0929. The van der Waals surface area contributed by atoms with Crippen molar-refractivity contribution >= 4 is 34.2 Å². The zero-order valence-electron chi connectivity index (χ0n) is 14.4. The molecule has 4 rings (SSSR count). The molecule has 3 aromatic rings. The van der Waals surface area contributed by atoms with Crippen LogP contribution in [0.15, 0.2) is 41.3 Å². The third kappa shape index (κ3) is 3.24. The molecule has 1 amide bonds. The summed E-state index contributed by atoms with van der Waals surface area (Å²) in [5, 5.41) is 4.76. The van der Waals surface area contributed by atoms with E-state index in [9.17, 15) is 4.79 Å². The van der Waals surface area contributed by atoms with Gasteiger partial charge in [0.1, 0.15) is 17.9 Å². The first-order valence-corrected chi connectivity index (χ1v) is 9.00. The fraction of sp³-hybridized carbons (Fsp3) is 0.316. The third-order valence-electron chi connectivity index (χ3n) is 4.81. The van der Waals surface area contributed by atoms with Gasteiger partial charge in [0.25, 0.3) is 5.91 Å². The summed E-state index contributed by atoms with van der Waals surface area (Å²) in [6.07, 6.45) is 4.84. The molecule has 1 aliphatic rings. The second-order valence-corrected chi connectivity index (χ2v) is 6.92. The Hall–Kier alpha value is -2.60. The van der Waals surface area contributed by atoms with Gasteiger partial charge < -0.3 is 14.6 Å². The van der Waals surface area contributed by atoms with Gasteiger partial charge in [0.05, 0.1) is 17.3 Å². The Bertz CT molecular complexity index is 948. The van der Waals surface area contributed by atoms with E-state index in [0.29, 0.717) is 16.3 Å². The number of halogens is 1. The molecular formula is C19H19ClN4O2. The minimum absolute atomic E-state index is 0.0724. The number of benzene rings is 1. The van der Waals surface area contributed by atoms with Gasteiger partial charge in [-0.2, -0.15) is 0 Å². The summed E-state index contributed by atoms with van der Waals surface area (Å²) in [7, 11) is 0. The largest absolute Gasteiger partial charge is 0.469 e. The van der Waals surface area contributed by atoms with Gasteiger partial charge in [0.2, 0.25) is 0 Å². The maximum absolute atomic E-state index is 12.3. The number of hydrogen-bond donors (Lipinski definition) is 1. The fourth-order valence-corrected chi connectivity index (χ4v) is 3.55. The van der Waals surface area contributed by atoms with Crippen molar-refractivity contribution in [2.24, 2.45) is 0 Å². The predicted octanol–water partition coefficient (Wildman–Crippen LogP) is 3.58. The molecule has 1 fully saturated rings. The van der Waals surface area contributed by atoms with E-state index in [4.69, 9.17) is 16.0 Å². The number of nitrogens with zero attached hydrogens (tertiary/aromatic N) is 3. The highest BCUT2D eigenvalue weighted by atomic mass is 35.5. The zero-order chi connectivity index (χ0) is 18.1. The van der Waals surface area contributed by atoms with E-state index in [2.05, 4.69) is 20.2 Å². The molecule has 0 spiro atoms. The maximum atomic E-state index is 12.3. The molecule has 0 unspecified atom stereocenters. The number of aryl methyl sites for hydroxylation is 1. The number of fused-ring (bicyclic) bond motifs is 1. The van der Waals surface area contributed by atoms with Gasteiger partial charge in [-0.15, -0.1) is 0 Å². The zero-order valence-corrected chi connectivity index (χ0v) is 15.2. The van der Waals surface area contributed by atoms with Gasteiger partial charge in [-0.1, -0.05) is 11.6 Å². The second kappa shape index (κ2) is 6.96. The van der Waals surface area contributed by atoms with Crippen molar-refractivity contribution in [1.29, 1.82) is 0 Å². The van der Waals surface area contributed by atoms with Crippen LogP contribution in [0.1, 0.15) is 29.0 Å².